The first-order valence-electron chi connectivity index (χ1n) is 5.12. The lowest BCUT2D eigenvalue weighted by Crippen LogP contribution is -2.51. The van der Waals surface area contributed by atoms with Gasteiger partial charge in [0.05, 0.1) is 17.4 Å². The Bertz CT molecular complexity index is 336. The van der Waals surface area contributed by atoms with Crippen LogP contribution in [-0.4, -0.2) is 37.1 Å². The molecule has 4 nitrogen and oxygen atoms in total. The van der Waals surface area contributed by atoms with Crippen molar-refractivity contribution >= 4 is 10.0 Å². The molecule has 1 unspecified atom stereocenters. The molecule has 0 fully saturated rings. The molecule has 0 aromatic rings. The van der Waals surface area contributed by atoms with Crippen molar-refractivity contribution in [2.75, 3.05) is 5.75 Å². The van der Waals surface area contributed by atoms with Gasteiger partial charge in [-0.15, -0.1) is 0 Å². The fraction of sp³-hybridized carbons (Fsp3) is 1.00. The Hall–Kier alpha value is -0.340. The molecule has 0 saturated carbocycles. The zero-order chi connectivity index (χ0) is 13.9. The standard InChI is InChI=1S/C9H18F3NO3S/c1-7(14)8(2,3)13-17(15,16)6-4-5-9(10,11)12/h7,13-14H,4-6H2,1-3H3. The highest BCUT2D eigenvalue weighted by Crippen LogP contribution is 2.21. The smallest absolute Gasteiger partial charge is 0.389 e. The van der Waals surface area contributed by atoms with Gasteiger partial charge >= 0.3 is 6.18 Å². The van der Waals surface area contributed by atoms with E-state index < -0.39 is 46.4 Å². The van der Waals surface area contributed by atoms with E-state index in [9.17, 15) is 26.7 Å². The molecule has 104 valence electrons. The Morgan fingerprint density at radius 3 is 2.12 bits per heavy atom. The van der Waals surface area contributed by atoms with E-state index in [-0.39, 0.29) is 0 Å². The van der Waals surface area contributed by atoms with Crippen molar-refractivity contribution in [2.45, 2.75) is 51.4 Å². The summed E-state index contributed by atoms with van der Waals surface area (Å²) >= 11 is 0. The van der Waals surface area contributed by atoms with Crippen molar-refractivity contribution < 1.29 is 26.7 Å². The lowest BCUT2D eigenvalue weighted by Gasteiger charge is -2.28. The molecule has 0 aliphatic carbocycles. The summed E-state index contributed by atoms with van der Waals surface area (Å²) in [6.07, 6.45) is -6.92. The summed E-state index contributed by atoms with van der Waals surface area (Å²) in [6, 6.07) is 0. The van der Waals surface area contributed by atoms with Gasteiger partial charge in [0.15, 0.2) is 0 Å². The van der Waals surface area contributed by atoms with Crippen LogP contribution in [0.4, 0.5) is 13.2 Å². The van der Waals surface area contributed by atoms with Crippen molar-refractivity contribution in [2.24, 2.45) is 0 Å². The predicted molar refractivity (Wildman–Crippen MR) is 58.0 cm³/mol. The van der Waals surface area contributed by atoms with Crippen molar-refractivity contribution in [1.82, 2.24) is 4.72 Å². The molecule has 0 aliphatic rings. The second kappa shape index (κ2) is 5.53. The Balaban J connectivity index is 4.33. The highest BCUT2D eigenvalue weighted by atomic mass is 32.2. The van der Waals surface area contributed by atoms with Crippen molar-refractivity contribution in [3.8, 4) is 0 Å². The molecule has 0 spiro atoms. The maximum absolute atomic E-state index is 11.8. The molecule has 0 heterocycles. The van der Waals surface area contributed by atoms with Crippen LogP contribution in [0.25, 0.3) is 0 Å². The molecule has 0 rings (SSSR count). The lowest BCUT2D eigenvalue weighted by molar-refractivity contribution is -0.134. The van der Waals surface area contributed by atoms with E-state index in [4.69, 9.17) is 0 Å². The van der Waals surface area contributed by atoms with Gasteiger partial charge in [-0.25, -0.2) is 13.1 Å². The largest absolute Gasteiger partial charge is 0.391 e. The average Bonchev–Trinajstić information content (AvgIpc) is 1.97. The van der Waals surface area contributed by atoms with Gasteiger partial charge in [0.25, 0.3) is 0 Å². The van der Waals surface area contributed by atoms with Crippen LogP contribution in [0.5, 0.6) is 0 Å². The highest BCUT2D eigenvalue weighted by molar-refractivity contribution is 7.89. The molecule has 0 aromatic carbocycles. The number of aliphatic hydroxyl groups excluding tert-OH is 1. The zero-order valence-electron chi connectivity index (χ0n) is 10.0. The summed E-state index contributed by atoms with van der Waals surface area (Å²) in [7, 11) is -3.82. The monoisotopic (exact) mass is 277 g/mol. The number of hydrogen-bond acceptors (Lipinski definition) is 3. The average molecular weight is 277 g/mol. The molecule has 17 heavy (non-hydrogen) atoms. The van der Waals surface area contributed by atoms with E-state index in [1.807, 2.05) is 0 Å². The summed E-state index contributed by atoms with van der Waals surface area (Å²) in [4.78, 5) is 0. The fourth-order valence-electron chi connectivity index (χ4n) is 1.000. The van der Waals surface area contributed by atoms with Crippen LogP contribution < -0.4 is 4.72 Å². The van der Waals surface area contributed by atoms with Crippen molar-refractivity contribution in [3.05, 3.63) is 0 Å². The first-order chi connectivity index (χ1) is 7.36. The third-order valence-electron chi connectivity index (χ3n) is 2.34. The summed E-state index contributed by atoms with van der Waals surface area (Å²) in [5.41, 5.74) is -1.10. The number of hydrogen-bond donors (Lipinski definition) is 2. The predicted octanol–water partition coefficient (Wildman–Crippen LogP) is 1.41. The van der Waals surface area contributed by atoms with Gasteiger partial charge < -0.3 is 5.11 Å². The molecular formula is C9H18F3NO3S. The number of alkyl halides is 3. The minimum Gasteiger partial charge on any atom is -0.391 e. The third-order valence-corrected chi connectivity index (χ3v) is 4.00. The number of nitrogens with one attached hydrogen (secondary N) is 1. The van der Waals surface area contributed by atoms with E-state index in [2.05, 4.69) is 4.72 Å². The quantitative estimate of drug-likeness (QED) is 0.771. The van der Waals surface area contributed by atoms with Gasteiger partial charge in [-0.05, 0) is 27.2 Å². The Morgan fingerprint density at radius 1 is 1.29 bits per heavy atom. The van der Waals surface area contributed by atoms with Crippen molar-refractivity contribution in [1.29, 1.82) is 0 Å². The number of sulfonamides is 1. The number of halogens is 3. The zero-order valence-corrected chi connectivity index (χ0v) is 10.8. The van der Waals surface area contributed by atoms with Crippen LogP contribution in [0.15, 0.2) is 0 Å². The van der Waals surface area contributed by atoms with Gasteiger partial charge in [-0.3, -0.25) is 0 Å². The molecule has 0 amide bonds. The maximum Gasteiger partial charge on any atom is 0.389 e. The van der Waals surface area contributed by atoms with Crippen LogP contribution in [0.1, 0.15) is 33.6 Å². The van der Waals surface area contributed by atoms with Crippen LogP contribution in [0.3, 0.4) is 0 Å². The number of aliphatic hydroxyl groups is 1. The van der Waals surface area contributed by atoms with Gasteiger partial charge in [0.1, 0.15) is 0 Å². The number of rotatable bonds is 6. The second-order valence-electron chi connectivity index (χ2n) is 4.54. The van der Waals surface area contributed by atoms with E-state index in [0.29, 0.717) is 0 Å². The second-order valence-corrected chi connectivity index (χ2v) is 6.38. The summed E-state index contributed by atoms with van der Waals surface area (Å²) < 4.78 is 60.6. The maximum atomic E-state index is 11.8. The van der Waals surface area contributed by atoms with E-state index in [0.717, 1.165) is 0 Å². The molecular weight excluding hydrogens is 259 g/mol. The van der Waals surface area contributed by atoms with Crippen molar-refractivity contribution in [3.63, 3.8) is 0 Å². The first kappa shape index (κ1) is 16.7. The third kappa shape index (κ3) is 7.56. The Kier molecular flexibility index (Phi) is 5.42. The summed E-state index contributed by atoms with van der Waals surface area (Å²) in [5, 5.41) is 9.29. The molecule has 8 heteroatoms. The minimum absolute atomic E-state index is 0.491. The van der Waals surface area contributed by atoms with Crippen LogP contribution in [0.2, 0.25) is 0 Å². The fourth-order valence-corrected chi connectivity index (χ4v) is 2.60. The molecule has 1 atom stereocenters. The highest BCUT2D eigenvalue weighted by Gasteiger charge is 2.31. The normalized spacial score (nSPS) is 15.9. The van der Waals surface area contributed by atoms with Crippen LogP contribution >= 0.6 is 0 Å². The summed E-state index contributed by atoms with van der Waals surface area (Å²) in [5.74, 6) is -0.608. The first-order valence-corrected chi connectivity index (χ1v) is 6.77. The van der Waals surface area contributed by atoms with Crippen LogP contribution in [0, 0.1) is 0 Å². The molecule has 0 aromatic heterocycles. The van der Waals surface area contributed by atoms with E-state index >= 15 is 0 Å². The van der Waals surface area contributed by atoms with Gasteiger partial charge in [-0.1, -0.05) is 0 Å². The summed E-state index contributed by atoms with van der Waals surface area (Å²) in [6.45, 7) is 4.32. The van der Waals surface area contributed by atoms with E-state index in [1.165, 1.54) is 20.8 Å². The molecule has 0 saturated heterocycles. The van der Waals surface area contributed by atoms with Crippen LogP contribution in [-0.2, 0) is 10.0 Å². The molecule has 0 bridgehead atoms. The Labute approximate surface area is 99.3 Å². The van der Waals surface area contributed by atoms with Gasteiger partial charge in [-0.2, -0.15) is 13.2 Å². The molecule has 0 aliphatic heterocycles. The topological polar surface area (TPSA) is 66.4 Å². The molecule has 2 N–H and O–H groups in total. The van der Waals surface area contributed by atoms with Gasteiger partial charge in [0, 0.05) is 6.42 Å². The Morgan fingerprint density at radius 2 is 1.76 bits per heavy atom. The van der Waals surface area contributed by atoms with Gasteiger partial charge in [0.2, 0.25) is 10.0 Å². The lowest BCUT2D eigenvalue weighted by atomic mass is 10.0. The van der Waals surface area contributed by atoms with E-state index in [1.54, 1.807) is 0 Å². The molecule has 0 radical (unpaired) electrons. The minimum atomic E-state index is -4.35. The SMILES string of the molecule is CC(O)C(C)(C)NS(=O)(=O)CCCC(F)(F)F.